The van der Waals surface area contributed by atoms with Gasteiger partial charge in [-0.2, -0.15) is 0 Å². The molecule has 19 heavy (non-hydrogen) atoms. The number of thioether (sulfide) groups is 1. The van der Waals surface area contributed by atoms with Gasteiger partial charge < -0.3 is 4.74 Å². The highest BCUT2D eigenvalue weighted by molar-refractivity contribution is 8.03. The zero-order chi connectivity index (χ0) is 13.1. The van der Waals surface area contributed by atoms with Crippen LogP contribution in [-0.4, -0.2) is 21.7 Å². The molecule has 0 saturated heterocycles. The van der Waals surface area contributed by atoms with Crippen LogP contribution in [0.5, 0.6) is 0 Å². The molecule has 4 nitrogen and oxygen atoms in total. The van der Waals surface area contributed by atoms with E-state index >= 15 is 0 Å². The van der Waals surface area contributed by atoms with Gasteiger partial charge in [0, 0.05) is 35.5 Å². The first kappa shape index (κ1) is 12.0. The quantitative estimate of drug-likeness (QED) is 0.830. The number of fused-ring (bicyclic) bond motifs is 1. The van der Waals surface area contributed by atoms with Gasteiger partial charge in [0.1, 0.15) is 6.61 Å². The van der Waals surface area contributed by atoms with Crippen LogP contribution in [0, 0.1) is 0 Å². The molecule has 1 amide bonds. The summed E-state index contributed by atoms with van der Waals surface area (Å²) in [5.74, 6) is 0.964. The lowest BCUT2D eigenvalue weighted by Gasteiger charge is -2.18. The molecule has 0 spiro atoms. The first-order valence-corrected chi connectivity index (χ1v) is 6.89. The van der Waals surface area contributed by atoms with Gasteiger partial charge in [0.25, 0.3) is 0 Å². The number of pyridine rings is 1. The van der Waals surface area contributed by atoms with Crippen LogP contribution < -0.4 is 0 Å². The summed E-state index contributed by atoms with van der Waals surface area (Å²) in [6, 6.07) is 3.65. The summed E-state index contributed by atoms with van der Waals surface area (Å²) in [4.78, 5) is 18.4. The third kappa shape index (κ3) is 2.71. The van der Waals surface area contributed by atoms with Crippen molar-refractivity contribution in [3.63, 3.8) is 0 Å². The summed E-state index contributed by atoms with van der Waals surface area (Å²) in [6.45, 7) is 0.255. The highest BCUT2D eigenvalue weighted by Gasteiger charge is 2.19. The molecule has 0 aromatic carbocycles. The molecule has 3 rings (SSSR count). The van der Waals surface area contributed by atoms with Crippen LogP contribution in [0.3, 0.4) is 0 Å². The van der Waals surface area contributed by atoms with Crippen molar-refractivity contribution in [3.05, 3.63) is 65.1 Å². The minimum absolute atomic E-state index is 0.255. The fraction of sp³-hybridized carbons (Fsp3) is 0.143. The standard InChI is InChI=1S/C14H12N2O2S/c17-14(18-10-11-1-5-15-6-2-11)16-7-3-12-4-8-19-13(12)9-16/h1-7,9H,8,10H2. The number of amides is 1. The summed E-state index contributed by atoms with van der Waals surface area (Å²) >= 11 is 1.72. The molecule has 1 aromatic rings. The number of carbonyl (C=O) groups is 1. The Morgan fingerprint density at radius 1 is 1.42 bits per heavy atom. The number of ether oxygens (including phenoxy) is 1. The lowest BCUT2D eigenvalue weighted by Crippen LogP contribution is -2.23. The molecular formula is C14H12N2O2S. The largest absolute Gasteiger partial charge is 0.444 e. The lowest BCUT2D eigenvalue weighted by molar-refractivity contribution is 0.121. The molecule has 1 aromatic heterocycles. The molecule has 96 valence electrons. The topological polar surface area (TPSA) is 42.4 Å². The summed E-state index contributed by atoms with van der Waals surface area (Å²) in [7, 11) is 0. The SMILES string of the molecule is O=C(OCc1ccncc1)N1C=CC2=CCSC2=C1. The number of hydrogen-bond acceptors (Lipinski definition) is 4. The molecule has 0 N–H and O–H groups in total. The maximum atomic E-state index is 11.9. The molecule has 0 atom stereocenters. The van der Waals surface area contributed by atoms with Crippen LogP contribution in [0.25, 0.3) is 0 Å². The molecule has 0 saturated carbocycles. The van der Waals surface area contributed by atoms with Crippen LogP contribution >= 0.6 is 11.8 Å². The van der Waals surface area contributed by atoms with Crippen LogP contribution in [0.2, 0.25) is 0 Å². The highest BCUT2D eigenvalue weighted by Crippen LogP contribution is 2.34. The Labute approximate surface area is 115 Å². The second kappa shape index (κ2) is 5.32. The Morgan fingerprint density at radius 3 is 3.11 bits per heavy atom. The Morgan fingerprint density at radius 2 is 2.26 bits per heavy atom. The van der Waals surface area contributed by atoms with E-state index in [2.05, 4.69) is 11.1 Å². The van der Waals surface area contributed by atoms with Gasteiger partial charge in [-0.1, -0.05) is 6.08 Å². The van der Waals surface area contributed by atoms with E-state index in [0.29, 0.717) is 0 Å². The van der Waals surface area contributed by atoms with Crippen molar-refractivity contribution in [2.45, 2.75) is 6.61 Å². The molecule has 5 heteroatoms. The predicted octanol–water partition coefficient (Wildman–Crippen LogP) is 3.06. The van der Waals surface area contributed by atoms with Crippen molar-refractivity contribution >= 4 is 17.9 Å². The third-order valence-corrected chi connectivity index (χ3v) is 3.81. The van der Waals surface area contributed by atoms with Gasteiger partial charge in [-0.25, -0.2) is 4.79 Å². The molecule has 0 bridgehead atoms. The lowest BCUT2D eigenvalue weighted by atomic mass is 10.2. The maximum absolute atomic E-state index is 11.9. The van der Waals surface area contributed by atoms with Crippen LogP contribution in [0.15, 0.2) is 59.6 Å². The first-order chi connectivity index (χ1) is 9.33. The second-order valence-corrected chi connectivity index (χ2v) is 5.16. The average molecular weight is 272 g/mol. The molecule has 0 unspecified atom stereocenters. The van der Waals surface area contributed by atoms with E-state index in [1.54, 1.807) is 30.4 Å². The average Bonchev–Trinajstić information content (AvgIpc) is 2.93. The molecule has 0 radical (unpaired) electrons. The van der Waals surface area contributed by atoms with E-state index < -0.39 is 0 Å². The van der Waals surface area contributed by atoms with E-state index in [0.717, 1.165) is 16.2 Å². The van der Waals surface area contributed by atoms with Gasteiger partial charge in [-0.3, -0.25) is 9.88 Å². The predicted molar refractivity (Wildman–Crippen MR) is 74.0 cm³/mol. The molecule has 3 heterocycles. The molecule has 2 aliphatic rings. The minimum atomic E-state index is -0.368. The zero-order valence-electron chi connectivity index (χ0n) is 10.2. The van der Waals surface area contributed by atoms with Crippen molar-refractivity contribution in [1.82, 2.24) is 9.88 Å². The number of hydrogen-bond donors (Lipinski definition) is 0. The summed E-state index contributed by atoms with van der Waals surface area (Å²) in [6.07, 6.45) is 10.6. The highest BCUT2D eigenvalue weighted by atomic mass is 32.2. The monoisotopic (exact) mass is 272 g/mol. The fourth-order valence-electron chi connectivity index (χ4n) is 1.81. The first-order valence-electron chi connectivity index (χ1n) is 5.90. The third-order valence-electron chi connectivity index (χ3n) is 2.82. The van der Waals surface area contributed by atoms with Gasteiger partial charge in [0.2, 0.25) is 0 Å². The molecule has 0 fully saturated rings. The summed E-state index contributed by atoms with van der Waals surface area (Å²) in [5, 5.41) is 0. The van der Waals surface area contributed by atoms with Crippen molar-refractivity contribution in [2.75, 3.05) is 5.75 Å². The van der Waals surface area contributed by atoms with Crippen LogP contribution in [0.4, 0.5) is 4.79 Å². The molecular weight excluding hydrogens is 260 g/mol. The number of rotatable bonds is 2. The molecule has 2 aliphatic heterocycles. The van der Waals surface area contributed by atoms with E-state index in [-0.39, 0.29) is 12.7 Å². The van der Waals surface area contributed by atoms with Crippen molar-refractivity contribution in [3.8, 4) is 0 Å². The van der Waals surface area contributed by atoms with Gasteiger partial charge in [-0.05, 0) is 29.3 Å². The molecule has 0 aliphatic carbocycles. The zero-order valence-corrected chi connectivity index (χ0v) is 11.0. The smallest absolute Gasteiger partial charge is 0.418 e. The maximum Gasteiger partial charge on any atom is 0.418 e. The van der Waals surface area contributed by atoms with Crippen molar-refractivity contribution < 1.29 is 9.53 Å². The normalized spacial score (nSPS) is 16.7. The van der Waals surface area contributed by atoms with E-state index in [1.807, 2.05) is 24.4 Å². The van der Waals surface area contributed by atoms with Gasteiger partial charge in [-0.15, -0.1) is 11.8 Å². The number of allylic oxidation sites excluding steroid dienone is 2. The Hall–Kier alpha value is -2.01. The number of carbonyl (C=O) groups excluding carboxylic acids is 1. The van der Waals surface area contributed by atoms with E-state index in [1.165, 1.54) is 10.5 Å². The summed E-state index contributed by atoms with van der Waals surface area (Å²) in [5.41, 5.74) is 2.11. The van der Waals surface area contributed by atoms with Gasteiger partial charge >= 0.3 is 6.09 Å². The van der Waals surface area contributed by atoms with Crippen LogP contribution in [-0.2, 0) is 11.3 Å². The van der Waals surface area contributed by atoms with E-state index in [4.69, 9.17) is 4.74 Å². The Balaban J connectivity index is 1.61. The number of aromatic nitrogens is 1. The van der Waals surface area contributed by atoms with E-state index in [9.17, 15) is 4.79 Å². The van der Waals surface area contributed by atoms with Crippen molar-refractivity contribution in [1.29, 1.82) is 0 Å². The van der Waals surface area contributed by atoms with Gasteiger partial charge in [0.15, 0.2) is 0 Å². The second-order valence-electron chi connectivity index (χ2n) is 4.10. The fourth-order valence-corrected chi connectivity index (χ4v) is 2.76. The van der Waals surface area contributed by atoms with Gasteiger partial charge in [0.05, 0.1) is 0 Å². The van der Waals surface area contributed by atoms with Crippen molar-refractivity contribution in [2.24, 2.45) is 0 Å². The minimum Gasteiger partial charge on any atom is -0.444 e. The Kier molecular flexibility index (Phi) is 3.37. The Bertz CT molecular complexity index is 578. The number of nitrogens with zero attached hydrogens (tertiary/aromatic N) is 2. The van der Waals surface area contributed by atoms with Crippen LogP contribution in [0.1, 0.15) is 5.56 Å². The summed E-state index contributed by atoms with van der Waals surface area (Å²) < 4.78 is 5.25.